The van der Waals surface area contributed by atoms with Crippen LogP contribution < -0.4 is 10.6 Å². The van der Waals surface area contributed by atoms with Crippen molar-refractivity contribution in [3.05, 3.63) is 35.9 Å². The molecule has 8 heteroatoms. The van der Waals surface area contributed by atoms with E-state index in [-0.39, 0.29) is 11.8 Å². The standard InChI is InChI=1S/C22H29N3O5/c1-16-8-5-6-12-22(16)20(28)25(21(29)24-22)14-19(27)30-15-18(26)23-13-7-11-17-9-3-2-4-10-17/h2-4,9-10,16H,5-8,11-15H2,1H3,(H,23,26)(H,24,29)/t16-,22-/m0/s1. The van der Waals surface area contributed by atoms with E-state index in [0.717, 1.165) is 37.0 Å². The fraction of sp³-hybridized carbons (Fsp3) is 0.545. The highest BCUT2D eigenvalue weighted by atomic mass is 16.5. The number of hydrogen-bond acceptors (Lipinski definition) is 5. The number of ether oxygens (including phenoxy) is 1. The summed E-state index contributed by atoms with van der Waals surface area (Å²) in [5, 5.41) is 5.48. The van der Waals surface area contributed by atoms with Crippen LogP contribution in [0.1, 0.15) is 44.6 Å². The predicted octanol–water partition coefficient (Wildman–Crippen LogP) is 1.78. The van der Waals surface area contributed by atoms with Crippen molar-refractivity contribution >= 4 is 23.8 Å². The number of urea groups is 1. The minimum atomic E-state index is -0.911. The third-order valence-electron chi connectivity index (χ3n) is 5.96. The number of nitrogens with zero attached hydrogens (tertiary/aromatic N) is 1. The van der Waals surface area contributed by atoms with Crippen LogP contribution in [0.15, 0.2) is 30.3 Å². The molecule has 162 valence electrons. The van der Waals surface area contributed by atoms with Crippen molar-refractivity contribution in [1.29, 1.82) is 0 Å². The molecule has 0 aromatic heterocycles. The molecule has 1 aromatic rings. The molecule has 0 radical (unpaired) electrons. The molecule has 2 fully saturated rings. The summed E-state index contributed by atoms with van der Waals surface area (Å²) in [6, 6.07) is 9.37. The molecule has 0 bridgehead atoms. The summed E-state index contributed by atoms with van der Waals surface area (Å²) in [5.74, 6) is -1.54. The van der Waals surface area contributed by atoms with Gasteiger partial charge in [0.25, 0.3) is 11.8 Å². The van der Waals surface area contributed by atoms with Gasteiger partial charge in [0, 0.05) is 6.54 Å². The molecule has 1 heterocycles. The van der Waals surface area contributed by atoms with Crippen LogP contribution in [0.5, 0.6) is 0 Å². The summed E-state index contributed by atoms with van der Waals surface area (Å²) in [6.45, 7) is 1.50. The number of carbonyl (C=O) groups excluding carboxylic acids is 4. The topological polar surface area (TPSA) is 105 Å². The number of nitrogens with one attached hydrogen (secondary N) is 2. The zero-order valence-electron chi connectivity index (χ0n) is 17.3. The quantitative estimate of drug-likeness (QED) is 0.383. The molecular formula is C22H29N3O5. The monoisotopic (exact) mass is 415 g/mol. The molecule has 1 saturated heterocycles. The second-order valence-electron chi connectivity index (χ2n) is 8.04. The van der Waals surface area contributed by atoms with Crippen molar-refractivity contribution in [2.75, 3.05) is 19.7 Å². The van der Waals surface area contributed by atoms with E-state index in [1.165, 1.54) is 5.56 Å². The number of esters is 1. The second kappa shape index (κ2) is 9.73. The maximum absolute atomic E-state index is 12.8. The van der Waals surface area contributed by atoms with Crippen LogP contribution in [0.3, 0.4) is 0 Å². The fourth-order valence-corrected chi connectivity index (χ4v) is 4.18. The summed E-state index contributed by atoms with van der Waals surface area (Å²) in [4.78, 5) is 50.0. The lowest BCUT2D eigenvalue weighted by Crippen LogP contribution is -2.54. The lowest BCUT2D eigenvalue weighted by molar-refractivity contribution is -0.151. The Labute approximate surface area is 176 Å². The normalized spacial score (nSPS) is 23.4. The first-order chi connectivity index (χ1) is 14.4. The van der Waals surface area contributed by atoms with E-state index in [4.69, 9.17) is 4.74 Å². The summed E-state index contributed by atoms with van der Waals surface area (Å²) in [6.07, 6.45) is 4.93. The molecule has 2 atom stereocenters. The average molecular weight is 415 g/mol. The maximum Gasteiger partial charge on any atom is 0.326 e. The molecule has 1 saturated carbocycles. The molecular weight excluding hydrogens is 386 g/mol. The average Bonchev–Trinajstić information content (AvgIpc) is 2.97. The van der Waals surface area contributed by atoms with Crippen molar-refractivity contribution < 1.29 is 23.9 Å². The van der Waals surface area contributed by atoms with E-state index in [2.05, 4.69) is 10.6 Å². The van der Waals surface area contributed by atoms with E-state index in [1.54, 1.807) is 0 Å². The van der Waals surface area contributed by atoms with E-state index in [1.807, 2.05) is 37.3 Å². The second-order valence-corrected chi connectivity index (χ2v) is 8.04. The van der Waals surface area contributed by atoms with Crippen LogP contribution >= 0.6 is 0 Å². The number of aryl methyl sites for hydroxylation is 1. The zero-order valence-corrected chi connectivity index (χ0v) is 17.3. The first-order valence-electron chi connectivity index (χ1n) is 10.5. The van der Waals surface area contributed by atoms with Crippen molar-refractivity contribution in [2.45, 2.75) is 51.0 Å². The maximum atomic E-state index is 12.8. The van der Waals surface area contributed by atoms with Crippen LogP contribution in [0, 0.1) is 5.92 Å². The Morgan fingerprint density at radius 1 is 1.23 bits per heavy atom. The van der Waals surface area contributed by atoms with E-state index < -0.39 is 36.6 Å². The van der Waals surface area contributed by atoms with Crippen LogP contribution in [0.4, 0.5) is 4.79 Å². The fourth-order valence-electron chi connectivity index (χ4n) is 4.18. The lowest BCUT2D eigenvalue weighted by Gasteiger charge is -2.36. The van der Waals surface area contributed by atoms with Crippen LogP contribution in [0.25, 0.3) is 0 Å². The van der Waals surface area contributed by atoms with Gasteiger partial charge in [-0.25, -0.2) is 4.79 Å². The Hall–Kier alpha value is -2.90. The number of imide groups is 1. The minimum absolute atomic E-state index is 0.0189. The summed E-state index contributed by atoms with van der Waals surface area (Å²) in [7, 11) is 0. The number of amides is 4. The van der Waals surface area contributed by atoms with Crippen LogP contribution in [0.2, 0.25) is 0 Å². The third kappa shape index (κ3) is 4.98. The van der Waals surface area contributed by atoms with Crippen molar-refractivity contribution in [1.82, 2.24) is 15.5 Å². The highest BCUT2D eigenvalue weighted by Gasteiger charge is 2.55. The highest BCUT2D eigenvalue weighted by Crippen LogP contribution is 2.38. The summed E-state index contributed by atoms with van der Waals surface area (Å²) < 4.78 is 4.96. The number of benzene rings is 1. The van der Waals surface area contributed by atoms with Gasteiger partial charge in [0.2, 0.25) is 0 Å². The SMILES string of the molecule is C[C@H]1CCCC[C@]12NC(=O)N(CC(=O)OCC(=O)NCCCc1ccccc1)C2=O. The molecule has 3 rings (SSSR count). The minimum Gasteiger partial charge on any atom is -0.454 e. The van der Waals surface area contributed by atoms with Crippen molar-refractivity contribution in [3.8, 4) is 0 Å². The highest BCUT2D eigenvalue weighted by molar-refractivity contribution is 6.09. The lowest BCUT2D eigenvalue weighted by atomic mass is 9.73. The van der Waals surface area contributed by atoms with Gasteiger partial charge in [-0.05, 0) is 37.2 Å². The molecule has 1 aliphatic heterocycles. The Morgan fingerprint density at radius 3 is 2.73 bits per heavy atom. The molecule has 2 N–H and O–H groups in total. The number of hydrogen-bond donors (Lipinski definition) is 2. The first-order valence-corrected chi connectivity index (χ1v) is 10.5. The predicted molar refractivity (Wildman–Crippen MR) is 109 cm³/mol. The number of carbonyl (C=O) groups is 4. The van der Waals surface area contributed by atoms with Crippen molar-refractivity contribution in [3.63, 3.8) is 0 Å². The molecule has 30 heavy (non-hydrogen) atoms. The largest absolute Gasteiger partial charge is 0.454 e. The molecule has 2 aliphatic rings. The van der Waals surface area contributed by atoms with Gasteiger partial charge in [-0.1, -0.05) is 50.1 Å². The Balaban J connectivity index is 1.38. The summed E-state index contributed by atoms with van der Waals surface area (Å²) in [5.41, 5.74) is 0.281. The van der Waals surface area contributed by atoms with Crippen LogP contribution in [-0.2, 0) is 25.5 Å². The Kier molecular flexibility index (Phi) is 7.07. The first kappa shape index (κ1) is 21.8. The summed E-state index contributed by atoms with van der Waals surface area (Å²) >= 11 is 0. The van der Waals surface area contributed by atoms with E-state index in [0.29, 0.717) is 13.0 Å². The van der Waals surface area contributed by atoms with Gasteiger partial charge >= 0.3 is 12.0 Å². The van der Waals surface area contributed by atoms with Gasteiger partial charge in [0.05, 0.1) is 0 Å². The van der Waals surface area contributed by atoms with Crippen molar-refractivity contribution in [2.24, 2.45) is 5.92 Å². The van der Waals surface area contributed by atoms with Gasteiger partial charge in [-0.15, -0.1) is 0 Å². The molecule has 1 aromatic carbocycles. The molecule has 0 unspecified atom stereocenters. The Morgan fingerprint density at radius 2 is 2.00 bits per heavy atom. The van der Waals surface area contributed by atoms with Gasteiger partial charge in [0.1, 0.15) is 12.1 Å². The van der Waals surface area contributed by atoms with Gasteiger partial charge < -0.3 is 15.4 Å². The molecule has 1 aliphatic carbocycles. The smallest absolute Gasteiger partial charge is 0.326 e. The molecule has 8 nitrogen and oxygen atoms in total. The van der Waals surface area contributed by atoms with E-state index >= 15 is 0 Å². The van der Waals surface area contributed by atoms with Crippen LogP contribution in [-0.4, -0.2) is 54.0 Å². The molecule has 1 spiro atoms. The zero-order chi connectivity index (χ0) is 21.6. The van der Waals surface area contributed by atoms with Gasteiger partial charge in [-0.2, -0.15) is 0 Å². The van der Waals surface area contributed by atoms with E-state index in [9.17, 15) is 19.2 Å². The number of rotatable bonds is 8. The third-order valence-corrected chi connectivity index (χ3v) is 5.96. The van der Waals surface area contributed by atoms with Gasteiger partial charge in [-0.3, -0.25) is 19.3 Å². The Bertz CT molecular complexity index is 797. The van der Waals surface area contributed by atoms with Gasteiger partial charge in [0.15, 0.2) is 6.61 Å². The molecule has 4 amide bonds.